The lowest BCUT2D eigenvalue weighted by Gasteiger charge is -2.09. The monoisotopic (exact) mass is 360 g/mol. The molecule has 7 heteroatoms. The number of fused-ring (bicyclic) bond motifs is 1. The lowest BCUT2D eigenvalue weighted by molar-refractivity contribution is 0.253. The van der Waals surface area contributed by atoms with Crippen LogP contribution in [0, 0.1) is 0 Å². The summed E-state index contributed by atoms with van der Waals surface area (Å²) in [4.78, 5) is 21.2. The van der Waals surface area contributed by atoms with Crippen molar-refractivity contribution in [2.24, 2.45) is 0 Å². The minimum Gasteiger partial charge on any atom is -0.463 e. The van der Waals surface area contributed by atoms with Crippen LogP contribution in [0.1, 0.15) is 0 Å². The van der Waals surface area contributed by atoms with Crippen LogP contribution in [-0.4, -0.2) is 22.5 Å². The lowest BCUT2D eigenvalue weighted by Crippen LogP contribution is -2.28. The predicted molar refractivity (Wildman–Crippen MR) is 102 cm³/mol. The van der Waals surface area contributed by atoms with Crippen LogP contribution in [0.3, 0.4) is 0 Å². The van der Waals surface area contributed by atoms with Crippen molar-refractivity contribution in [1.29, 1.82) is 0 Å². The number of furan rings is 2. The number of nitrogens with one attached hydrogen (secondary N) is 2. The summed E-state index contributed by atoms with van der Waals surface area (Å²) < 4.78 is 11.0. The van der Waals surface area contributed by atoms with Gasteiger partial charge in [0.2, 0.25) is 0 Å². The molecule has 0 unspecified atom stereocenters. The molecule has 0 saturated carbocycles. The average Bonchev–Trinajstić information content (AvgIpc) is 3.39. The van der Waals surface area contributed by atoms with E-state index in [0.717, 1.165) is 0 Å². The number of carbonyl (C=O) groups excluding carboxylic acids is 1. The molecule has 0 spiro atoms. The van der Waals surface area contributed by atoms with Crippen molar-refractivity contribution < 1.29 is 13.6 Å². The van der Waals surface area contributed by atoms with E-state index in [4.69, 9.17) is 13.8 Å². The highest BCUT2D eigenvalue weighted by atomic mass is 16.3. The Morgan fingerprint density at radius 3 is 2.26 bits per heavy atom. The maximum atomic E-state index is 11.8. The predicted octanol–water partition coefficient (Wildman–Crippen LogP) is 4.46. The Morgan fingerprint density at radius 2 is 1.67 bits per heavy atom. The van der Waals surface area contributed by atoms with Crippen LogP contribution < -0.4 is 10.6 Å². The molecule has 0 bridgehead atoms. The number of nitrogens with zero attached hydrogens (tertiary/aromatic N) is 2. The average molecular weight is 360 g/mol. The van der Waals surface area contributed by atoms with E-state index in [9.17, 15) is 4.79 Å². The van der Waals surface area contributed by atoms with Crippen molar-refractivity contribution in [1.82, 2.24) is 15.3 Å². The van der Waals surface area contributed by atoms with Gasteiger partial charge >= 0.3 is 6.03 Å². The molecule has 0 aliphatic rings. The summed E-state index contributed by atoms with van der Waals surface area (Å²) in [6, 6.07) is 12.2. The van der Waals surface area contributed by atoms with Crippen LogP contribution in [0.5, 0.6) is 0 Å². The molecule has 3 heterocycles. The molecule has 27 heavy (non-hydrogen) atoms. The minimum absolute atomic E-state index is 0.319. The van der Waals surface area contributed by atoms with Crippen LogP contribution in [0.25, 0.3) is 33.9 Å². The second kappa shape index (κ2) is 7.17. The molecule has 0 saturated heterocycles. The van der Waals surface area contributed by atoms with E-state index >= 15 is 0 Å². The van der Waals surface area contributed by atoms with Gasteiger partial charge in [-0.25, -0.2) is 14.8 Å². The number of aromatic nitrogens is 2. The molecule has 2 amide bonds. The summed E-state index contributed by atoms with van der Waals surface area (Å²) in [5.41, 5.74) is 3.06. The fourth-order valence-corrected chi connectivity index (χ4v) is 2.64. The molecular weight excluding hydrogens is 344 g/mol. The summed E-state index contributed by atoms with van der Waals surface area (Å²) in [7, 11) is 0. The highest BCUT2D eigenvalue weighted by molar-refractivity contribution is 5.93. The van der Waals surface area contributed by atoms with E-state index in [2.05, 4.69) is 22.2 Å². The summed E-state index contributed by atoms with van der Waals surface area (Å²) >= 11 is 0. The molecule has 3 aromatic heterocycles. The van der Waals surface area contributed by atoms with E-state index in [1.54, 1.807) is 48.9 Å². The first kappa shape index (κ1) is 16.6. The second-order valence-corrected chi connectivity index (χ2v) is 5.70. The largest absolute Gasteiger partial charge is 0.463 e. The van der Waals surface area contributed by atoms with Crippen LogP contribution in [-0.2, 0) is 0 Å². The van der Waals surface area contributed by atoms with Gasteiger partial charge in [-0.15, -0.1) is 6.58 Å². The standard InChI is InChI=1S/C20H16N4O3/c1-2-9-21-20(25)22-13-7-8-14-15(12-13)24-19(17-6-4-11-27-17)18(23-14)16-5-3-10-26-16/h2-8,10-12H,1,9H2,(H2,21,22,25). The van der Waals surface area contributed by atoms with Crippen molar-refractivity contribution in [3.05, 3.63) is 67.6 Å². The summed E-state index contributed by atoms with van der Waals surface area (Å²) in [6.45, 7) is 3.95. The summed E-state index contributed by atoms with van der Waals surface area (Å²) in [5, 5.41) is 5.42. The Morgan fingerprint density at radius 1 is 1.00 bits per heavy atom. The molecule has 134 valence electrons. The smallest absolute Gasteiger partial charge is 0.319 e. The first-order valence-electron chi connectivity index (χ1n) is 8.30. The molecule has 1 aromatic carbocycles. The number of anilines is 1. The fraction of sp³-hybridized carbons (Fsp3) is 0.0500. The van der Waals surface area contributed by atoms with E-state index in [0.29, 0.717) is 46.2 Å². The number of rotatable bonds is 5. The van der Waals surface area contributed by atoms with Crippen molar-refractivity contribution in [3.63, 3.8) is 0 Å². The molecule has 0 aliphatic carbocycles. The minimum atomic E-state index is -0.319. The summed E-state index contributed by atoms with van der Waals surface area (Å²) in [5.74, 6) is 1.18. The Balaban J connectivity index is 1.77. The van der Waals surface area contributed by atoms with Gasteiger partial charge in [0.15, 0.2) is 11.5 Å². The van der Waals surface area contributed by atoms with Crippen LogP contribution >= 0.6 is 0 Å². The van der Waals surface area contributed by atoms with Crippen molar-refractivity contribution in [2.45, 2.75) is 0 Å². The lowest BCUT2D eigenvalue weighted by atomic mass is 10.1. The molecule has 0 radical (unpaired) electrons. The number of benzene rings is 1. The van der Waals surface area contributed by atoms with E-state index in [1.807, 2.05) is 12.1 Å². The molecule has 4 rings (SSSR count). The zero-order chi connectivity index (χ0) is 18.6. The van der Waals surface area contributed by atoms with Crippen molar-refractivity contribution in [3.8, 4) is 22.9 Å². The molecule has 0 aliphatic heterocycles. The molecule has 0 fully saturated rings. The maximum absolute atomic E-state index is 11.8. The van der Waals surface area contributed by atoms with Crippen LogP contribution in [0.2, 0.25) is 0 Å². The third-order valence-electron chi connectivity index (χ3n) is 3.84. The van der Waals surface area contributed by atoms with Gasteiger partial charge in [0.25, 0.3) is 0 Å². The number of hydrogen-bond acceptors (Lipinski definition) is 5. The Kier molecular flexibility index (Phi) is 4.40. The quantitative estimate of drug-likeness (QED) is 0.513. The number of carbonyl (C=O) groups is 1. The third kappa shape index (κ3) is 3.43. The highest BCUT2D eigenvalue weighted by Gasteiger charge is 2.17. The maximum Gasteiger partial charge on any atom is 0.319 e. The van der Waals surface area contributed by atoms with Gasteiger partial charge in [0, 0.05) is 12.2 Å². The molecule has 2 N–H and O–H groups in total. The van der Waals surface area contributed by atoms with Crippen LogP contribution in [0.4, 0.5) is 10.5 Å². The topological polar surface area (TPSA) is 93.2 Å². The zero-order valence-electron chi connectivity index (χ0n) is 14.3. The second-order valence-electron chi connectivity index (χ2n) is 5.70. The van der Waals surface area contributed by atoms with Gasteiger partial charge in [-0.2, -0.15) is 0 Å². The van der Waals surface area contributed by atoms with Gasteiger partial charge in [0.05, 0.1) is 23.6 Å². The number of amides is 2. The molecule has 4 aromatic rings. The third-order valence-corrected chi connectivity index (χ3v) is 3.84. The fourth-order valence-electron chi connectivity index (χ4n) is 2.64. The SMILES string of the molecule is C=CCNC(=O)Nc1ccc2nc(-c3ccco3)c(-c3ccco3)nc2c1. The van der Waals surface area contributed by atoms with Gasteiger partial charge in [-0.05, 0) is 42.5 Å². The van der Waals surface area contributed by atoms with Gasteiger partial charge in [0.1, 0.15) is 11.4 Å². The summed E-state index contributed by atoms with van der Waals surface area (Å²) in [6.07, 6.45) is 4.77. The van der Waals surface area contributed by atoms with Gasteiger partial charge in [-0.1, -0.05) is 6.08 Å². The van der Waals surface area contributed by atoms with E-state index in [1.165, 1.54) is 0 Å². The number of hydrogen-bond donors (Lipinski definition) is 2. The first-order valence-corrected chi connectivity index (χ1v) is 8.30. The molecular formula is C20H16N4O3. The Labute approximate surface area is 154 Å². The van der Waals surface area contributed by atoms with E-state index < -0.39 is 0 Å². The Bertz CT molecular complexity index is 1090. The zero-order valence-corrected chi connectivity index (χ0v) is 14.3. The van der Waals surface area contributed by atoms with E-state index in [-0.39, 0.29) is 6.03 Å². The van der Waals surface area contributed by atoms with Crippen molar-refractivity contribution in [2.75, 3.05) is 11.9 Å². The number of urea groups is 1. The van der Waals surface area contributed by atoms with Crippen LogP contribution in [0.15, 0.2) is 76.5 Å². The van der Waals surface area contributed by atoms with Crippen molar-refractivity contribution >= 4 is 22.8 Å². The molecule has 0 atom stereocenters. The normalized spacial score (nSPS) is 10.7. The first-order chi connectivity index (χ1) is 13.2. The molecule has 7 nitrogen and oxygen atoms in total. The Hall–Kier alpha value is -3.87. The van der Waals surface area contributed by atoms with Gasteiger partial charge in [-0.3, -0.25) is 0 Å². The highest BCUT2D eigenvalue weighted by Crippen LogP contribution is 2.32. The van der Waals surface area contributed by atoms with Gasteiger partial charge < -0.3 is 19.5 Å².